The first-order valence-electron chi connectivity index (χ1n) is 11.8. The highest BCUT2D eigenvalue weighted by Gasteiger charge is 2.23. The Morgan fingerprint density at radius 3 is 2.44 bits per heavy atom. The van der Waals surface area contributed by atoms with Crippen LogP contribution in [0.1, 0.15) is 43.7 Å². The van der Waals surface area contributed by atoms with Crippen LogP contribution in [0.2, 0.25) is 0 Å². The van der Waals surface area contributed by atoms with Gasteiger partial charge in [0, 0.05) is 38.4 Å². The van der Waals surface area contributed by atoms with Crippen molar-refractivity contribution in [3.8, 4) is 6.01 Å². The largest absolute Gasteiger partial charge is 0.460 e. The summed E-state index contributed by atoms with van der Waals surface area (Å²) in [5, 5.41) is 0.863. The maximum Gasteiger partial charge on any atom is 0.320 e. The number of ether oxygens (including phenoxy) is 2. The molecule has 2 N–H and O–H groups in total. The highest BCUT2D eigenvalue weighted by molar-refractivity contribution is 5.86. The third-order valence-corrected chi connectivity index (χ3v) is 6.83. The van der Waals surface area contributed by atoms with Crippen molar-refractivity contribution in [3.63, 3.8) is 0 Å². The molecule has 2 fully saturated rings. The number of anilines is 1. The molecule has 0 saturated carbocycles. The molecule has 1 atom stereocenters. The Labute approximate surface area is 189 Å². The predicted molar refractivity (Wildman–Crippen MR) is 126 cm³/mol. The van der Waals surface area contributed by atoms with Crippen molar-refractivity contribution in [2.45, 2.75) is 51.8 Å². The van der Waals surface area contributed by atoms with Crippen LogP contribution >= 0.6 is 0 Å². The molecule has 32 heavy (non-hydrogen) atoms. The van der Waals surface area contributed by atoms with E-state index in [1.165, 1.54) is 37.1 Å². The maximum absolute atomic E-state index is 6.25. The van der Waals surface area contributed by atoms with Gasteiger partial charge in [0.2, 0.25) is 0 Å². The molecule has 4 heterocycles. The Kier molecular flexibility index (Phi) is 6.28. The van der Waals surface area contributed by atoms with Crippen LogP contribution in [0.4, 0.5) is 5.82 Å². The number of likely N-dealkylation sites (tertiary alicyclic amines) is 1. The summed E-state index contributed by atoms with van der Waals surface area (Å²) in [7, 11) is 0. The molecule has 1 aromatic carbocycles. The molecule has 0 spiro atoms. The van der Waals surface area contributed by atoms with Crippen LogP contribution in [-0.2, 0) is 17.8 Å². The topological polar surface area (TPSA) is 78.4 Å². The lowest BCUT2D eigenvalue weighted by atomic mass is 9.95. The van der Waals surface area contributed by atoms with Gasteiger partial charge in [-0.25, -0.2) is 0 Å². The highest BCUT2D eigenvalue weighted by Crippen LogP contribution is 2.26. The number of hydrogen-bond donors (Lipinski definition) is 1. The fourth-order valence-corrected chi connectivity index (χ4v) is 4.84. The Hall–Kier alpha value is -2.64. The molecule has 1 unspecified atom stereocenters. The maximum atomic E-state index is 6.25. The molecule has 2 saturated heterocycles. The summed E-state index contributed by atoms with van der Waals surface area (Å²) in [5.74, 6) is 0.916. The van der Waals surface area contributed by atoms with Crippen molar-refractivity contribution < 1.29 is 9.47 Å². The van der Waals surface area contributed by atoms with E-state index in [0.717, 1.165) is 50.2 Å². The van der Waals surface area contributed by atoms with Crippen molar-refractivity contribution >= 4 is 16.9 Å². The first-order valence-corrected chi connectivity index (χ1v) is 11.8. The molecule has 2 aliphatic heterocycles. The van der Waals surface area contributed by atoms with E-state index >= 15 is 0 Å². The van der Waals surface area contributed by atoms with Crippen LogP contribution in [0, 0.1) is 5.92 Å². The molecule has 0 radical (unpaired) electrons. The average molecular weight is 436 g/mol. The van der Waals surface area contributed by atoms with Gasteiger partial charge in [0.1, 0.15) is 17.6 Å². The van der Waals surface area contributed by atoms with Gasteiger partial charge in [-0.1, -0.05) is 24.3 Å². The zero-order chi connectivity index (χ0) is 21.9. The fraction of sp³-hybridized carbons (Fsp3) is 0.520. The second-order valence-corrected chi connectivity index (χ2v) is 9.14. The van der Waals surface area contributed by atoms with Gasteiger partial charge in [0.25, 0.3) is 0 Å². The molecule has 2 aliphatic rings. The number of aromatic nitrogens is 3. The third kappa shape index (κ3) is 4.74. The van der Waals surface area contributed by atoms with Gasteiger partial charge in [-0.2, -0.15) is 9.97 Å². The second-order valence-electron chi connectivity index (χ2n) is 9.14. The molecule has 0 aliphatic carbocycles. The zero-order valence-electron chi connectivity index (χ0n) is 18.9. The lowest BCUT2D eigenvalue weighted by molar-refractivity contribution is 0.0212. The number of benzene rings is 1. The molecule has 7 heteroatoms. The van der Waals surface area contributed by atoms with Crippen molar-refractivity contribution in [2.75, 3.05) is 32.0 Å². The van der Waals surface area contributed by atoms with Crippen molar-refractivity contribution in [1.82, 2.24) is 19.4 Å². The Morgan fingerprint density at radius 1 is 1.03 bits per heavy atom. The van der Waals surface area contributed by atoms with Crippen LogP contribution in [0.3, 0.4) is 0 Å². The molecule has 2 aromatic heterocycles. The Morgan fingerprint density at radius 2 is 1.72 bits per heavy atom. The van der Waals surface area contributed by atoms with E-state index in [0.29, 0.717) is 17.7 Å². The van der Waals surface area contributed by atoms with Gasteiger partial charge in [0.05, 0.1) is 5.39 Å². The monoisotopic (exact) mass is 435 g/mol. The van der Waals surface area contributed by atoms with E-state index in [9.17, 15) is 0 Å². The zero-order valence-corrected chi connectivity index (χ0v) is 18.9. The van der Waals surface area contributed by atoms with Crippen LogP contribution in [-0.4, -0.2) is 51.8 Å². The molecule has 170 valence electrons. The summed E-state index contributed by atoms with van der Waals surface area (Å²) in [5.41, 5.74) is 9.67. The minimum atomic E-state index is 0.0299. The number of fused-ring (bicyclic) bond motifs is 1. The average Bonchev–Trinajstić information content (AvgIpc) is 3.46. The molecule has 0 bridgehead atoms. The third-order valence-electron chi connectivity index (χ3n) is 6.83. The van der Waals surface area contributed by atoms with E-state index in [2.05, 4.69) is 45.6 Å². The summed E-state index contributed by atoms with van der Waals surface area (Å²) in [6.45, 7) is 7.88. The molecule has 0 amide bonds. The van der Waals surface area contributed by atoms with E-state index in [1.54, 1.807) is 0 Å². The summed E-state index contributed by atoms with van der Waals surface area (Å²) in [6.07, 6.45) is 6.71. The van der Waals surface area contributed by atoms with Crippen LogP contribution < -0.4 is 10.5 Å². The molecule has 3 aromatic rings. The van der Waals surface area contributed by atoms with Crippen LogP contribution in [0.15, 0.2) is 36.5 Å². The van der Waals surface area contributed by atoms with Crippen LogP contribution in [0.5, 0.6) is 6.01 Å². The first kappa shape index (κ1) is 21.2. The van der Waals surface area contributed by atoms with E-state index in [1.807, 2.05) is 12.3 Å². The summed E-state index contributed by atoms with van der Waals surface area (Å²) < 4.78 is 13.7. The van der Waals surface area contributed by atoms with Crippen molar-refractivity contribution in [2.24, 2.45) is 5.92 Å². The SMILES string of the molecule is CC(Oc1nc(N)c2ccn(Cc3ccc(CN4CCCC4)cc3)c2n1)C1CCOCC1. The fourth-order valence-electron chi connectivity index (χ4n) is 4.84. The predicted octanol–water partition coefficient (Wildman–Crippen LogP) is 3.85. The standard InChI is InChI=1S/C25H33N5O2/c1-18(21-9-14-31-15-10-21)32-25-27-23(26)22-8-13-30(24(22)28-25)17-20-6-4-19(5-7-20)16-29-11-2-3-12-29/h4-8,13,18,21H,2-3,9-12,14-17H2,1H3,(H2,26,27,28). The summed E-state index contributed by atoms with van der Waals surface area (Å²) >= 11 is 0. The Bertz CT molecular complexity index is 1040. The van der Waals surface area contributed by atoms with Gasteiger partial charge in [-0.05, 0) is 62.9 Å². The molecule has 5 rings (SSSR count). The molecular weight excluding hydrogens is 402 g/mol. The molecular formula is C25H33N5O2. The second kappa shape index (κ2) is 9.46. The number of nitrogens with two attached hydrogens (primary N) is 1. The van der Waals surface area contributed by atoms with Crippen LogP contribution in [0.25, 0.3) is 11.0 Å². The summed E-state index contributed by atoms with van der Waals surface area (Å²) in [4.78, 5) is 11.7. The lowest BCUT2D eigenvalue weighted by Crippen LogP contribution is -2.30. The van der Waals surface area contributed by atoms with E-state index in [-0.39, 0.29) is 6.10 Å². The van der Waals surface area contributed by atoms with E-state index in [4.69, 9.17) is 20.2 Å². The van der Waals surface area contributed by atoms with Gasteiger partial charge < -0.3 is 19.8 Å². The smallest absolute Gasteiger partial charge is 0.320 e. The minimum Gasteiger partial charge on any atom is -0.460 e. The number of nitrogens with zero attached hydrogens (tertiary/aromatic N) is 4. The lowest BCUT2D eigenvalue weighted by Gasteiger charge is -2.27. The van der Waals surface area contributed by atoms with E-state index < -0.39 is 0 Å². The quantitative estimate of drug-likeness (QED) is 0.607. The van der Waals surface area contributed by atoms with Gasteiger partial charge in [-0.3, -0.25) is 4.90 Å². The van der Waals surface area contributed by atoms with Crippen molar-refractivity contribution in [1.29, 1.82) is 0 Å². The normalized spacial score (nSPS) is 18.9. The first-order chi connectivity index (χ1) is 15.7. The van der Waals surface area contributed by atoms with Crippen molar-refractivity contribution in [3.05, 3.63) is 47.7 Å². The van der Waals surface area contributed by atoms with Gasteiger partial charge >= 0.3 is 6.01 Å². The number of hydrogen-bond acceptors (Lipinski definition) is 6. The van der Waals surface area contributed by atoms with Gasteiger partial charge in [-0.15, -0.1) is 0 Å². The minimum absolute atomic E-state index is 0.0299. The van der Waals surface area contributed by atoms with Gasteiger partial charge in [0.15, 0.2) is 0 Å². The molecule has 7 nitrogen and oxygen atoms in total. The number of rotatable bonds is 7. The summed E-state index contributed by atoms with van der Waals surface area (Å²) in [6, 6.07) is 11.3. The number of nitrogen functional groups attached to an aromatic ring is 1. The highest BCUT2D eigenvalue weighted by atomic mass is 16.5. The Balaban J connectivity index is 1.30.